The molecule has 1 heterocycles. The summed E-state index contributed by atoms with van der Waals surface area (Å²) in [7, 11) is 1.62. The highest BCUT2D eigenvalue weighted by Crippen LogP contribution is 2.24. The van der Waals surface area contributed by atoms with Gasteiger partial charge in [-0.05, 0) is 17.7 Å². The Morgan fingerprint density at radius 3 is 2.62 bits per heavy atom. The third-order valence-electron chi connectivity index (χ3n) is 3.13. The SMILES string of the molecule is COc1ccc2nc(Cl)c(NCc3ccccc3)nc2c1. The predicted octanol–water partition coefficient (Wildman–Crippen LogP) is 3.90. The van der Waals surface area contributed by atoms with E-state index in [9.17, 15) is 0 Å². The molecule has 0 aliphatic heterocycles. The molecule has 0 amide bonds. The Hall–Kier alpha value is -2.33. The van der Waals surface area contributed by atoms with Crippen molar-refractivity contribution < 1.29 is 4.74 Å². The molecule has 4 nitrogen and oxygen atoms in total. The highest BCUT2D eigenvalue weighted by atomic mass is 35.5. The van der Waals surface area contributed by atoms with E-state index in [1.165, 1.54) is 0 Å². The summed E-state index contributed by atoms with van der Waals surface area (Å²) in [6.45, 7) is 0.644. The molecule has 5 heteroatoms. The minimum absolute atomic E-state index is 0.364. The Kier molecular flexibility index (Phi) is 3.88. The van der Waals surface area contributed by atoms with Crippen molar-refractivity contribution in [3.05, 3.63) is 59.2 Å². The van der Waals surface area contributed by atoms with Gasteiger partial charge in [0, 0.05) is 12.6 Å². The molecule has 0 aliphatic rings. The van der Waals surface area contributed by atoms with Gasteiger partial charge in [0.25, 0.3) is 0 Å². The quantitative estimate of drug-likeness (QED) is 0.793. The van der Waals surface area contributed by atoms with E-state index in [0.717, 1.165) is 22.3 Å². The molecule has 106 valence electrons. The molecule has 0 radical (unpaired) electrons. The zero-order valence-electron chi connectivity index (χ0n) is 11.5. The lowest BCUT2D eigenvalue weighted by Gasteiger charge is -2.09. The van der Waals surface area contributed by atoms with Crippen LogP contribution in [0.3, 0.4) is 0 Å². The van der Waals surface area contributed by atoms with Gasteiger partial charge in [-0.15, -0.1) is 0 Å². The Bertz CT molecular complexity index is 762. The van der Waals surface area contributed by atoms with Gasteiger partial charge in [0.15, 0.2) is 11.0 Å². The number of nitrogens with zero attached hydrogens (tertiary/aromatic N) is 2. The first-order valence-electron chi connectivity index (χ1n) is 6.55. The van der Waals surface area contributed by atoms with Crippen molar-refractivity contribution in [1.29, 1.82) is 0 Å². The van der Waals surface area contributed by atoms with Crippen molar-refractivity contribution in [2.45, 2.75) is 6.54 Å². The average Bonchev–Trinajstić information content (AvgIpc) is 2.53. The largest absolute Gasteiger partial charge is 0.497 e. The number of fused-ring (bicyclic) bond motifs is 1. The summed E-state index contributed by atoms with van der Waals surface area (Å²) in [5.74, 6) is 1.31. The van der Waals surface area contributed by atoms with Crippen LogP contribution in [0.1, 0.15) is 5.56 Å². The number of nitrogens with one attached hydrogen (secondary N) is 1. The first kappa shape index (κ1) is 13.6. The van der Waals surface area contributed by atoms with Crippen molar-refractivity contribution in [1.82, 2.24) is 9.97 Å². The summed E-state index contributed by atoms with van der Waals surface area (Å²) < 4.78 is 5.20. The second kappa shape index (κ2) is 5.97. The van der Waals surface area contributed by atoms with E-state index in [-0.39, 0.29) is 0 Å². The summed E-state index contributed by atoms with van der Waals surface area (Å²) in [6, 6.07) is 15.6. The minimum Gasteiger partial charge on any atom is -0.497 e. The van der Waals surface area contributed by atoms with Gasteiger partial charge in [0.1, 0.15) is 5.75 Å². The minimum atomic E-state index is 0.364. The molecule has 1 aromatic heterocycles. The smallest absolute Gasteiger partial charge is 0.172 e. The number of hydrogen-bond donors (Lipinski definition) is 1. The van der Waals surface area contributed by atoms with Gasteiger partial charge in [-0.25, -0.2) is 9.97 Å². The second-order valence-electron chi connectivity index (χ2n) is 4.56. The molecule has 0 aliphatic carbocycles. The molecule has 2 aromatic carbocycles. The van der Waals surface area contributed by atoms with Gasteiger partial charge >= 0.3 is 0 Å². The molecule has 0 unspecified atom stereocenters. The number of hydrogen-bond acceptors (Lipinski definition) is 4. The summed E-state index contributed by atoms with van der Waals surface area (Å²) in [5.41, 5.74) is 2.64. The van der Waals surface area contributed by atoms with Crippen molar-refractivity contribution in [2.75, 3.05) is 12.4 Å². The molecule has 0 fully saturated rings. The Labute approximate surface area is 127 Å². The third kappa shape index (κ3) is 3.06. The van der Waals surface area contributed by atoms with Gasteiger partial charge < -0.3 is 10.1 Å². The Balaban J connectivity index is 1.89. The first-order chi connectivity index (χ1) is 10.3. The summed E-state index contributed by atoms with van der Waals surface area (Å²) in [6.07, 6.45) is 0. The van der Waals surface area contributed by atoms with E-state index >= 15 is 0 Å². The van der Waals surface area contributed by atoms with Crippen molar-refractivity contribution in [3.63, 3.8) is 0 Å². The fourth-order valence-corrected chi connectivity index (χ4v) is 2.23. The van der Waals surface area contributed by atoms with Crippen molar-refractivity contribution in [3.8, 4) is 5.75 Å². The second-order valence-corrected chi connectivity index (χ2v) is 4.91. The highest BCUT2D eigenvalue weighted by Gasteiger charge is 2.07. The van der Waals surface area contributed by atoms with Crippen molar-refractivity contribution >= 4 is 28.5 Å². The molecule has 3 aromatic rings. The average molecular weight is 300 g/mol. The molecule has 0 spiro atoms. The van der Waals surface area contributed by atoms with Crippen molar-refractivity contribution in [2.24, 2.45) is 0 Å². The van der Waals surface area contributed by atoms with Crippen LogP contribution in [0.5, 0.6) is 5.75 Å². The molecular weight excluding hydrogens is 286 g/mol. The molecule has 1 N–H and O–H groups in total. The summed E-state index contributed by atoms with van der Waals surface area (Å²) in [5, 5.41) is 3.58. The van der Waals surface area contributed by atoms with Gasteiger partial charge in [0.05, 0.1) is 18.1 Å². The number of ether oxygens (including phenoxy) is 1. The summed E-state index contributed by atoms with van der Waals surface area (Å²) >= 11 is 6.18. The zero-order valence-corrected chi connectivity index (χ0v) is 12.3. The zero-order chi connectivity index (χ0) is 14.7. The molecule has 0 saturated heterocycles. The van der Waals surface area contributed by atoms with Crippen LogP contribution in [0.2, 0.25) is 5.15 Å². The maximum atomic E-state index is 6.18. The standard InChI is InChI=1S/C16H14ClN3O/c1-21-12-7-8-13-14(9-12)20-16(15(17)19-13)18-10-11-5-3-2-4-6-11/h2-9H,10H2,1H3,(H,18,20). The maximum Gasteiger partial charge on any atom is 0.172 e. The molecule has 3 rings (SSSR count). The van der Waals surface area contributed by atoms with Crippen LogP contribution < -0.4 is 10.1 Å². The third-order valence-corrected chi connectivity index (χ3v) is 3.40. The number of methoxy groups -OCH3 is 1. The number of anilines is 1. The van der Waals surface area contributed by atoms with Gasteiger partial charge in [-0.2, -0.15) is 0 Å². The van der Waals surface area contributed by atoms with E-state index in [2.05, 4.69) is 15.3 Å². The van der Waals surface area contributed by atoms with Crippen LogP contribution in [0.4, 0.5) is 5.82 Å². The van der Waals surface area contributed by atoms with E-state index in [1.807, 2.05) is 48.5 Å². The normalized spacial score (nSPS) is 10.6. The Morgan fingerprint density at radius 1 is 1.05 bits per heavy atom. The lowest BCUT2D eigenvalue weighted by atomic mass is 10.2. The maximum absolute atomic E-state index is 6.18. The first-order valence-corrected chi connectivity index (χ1v) is 6.93. The number of benzene rings is 2. The molecule has 0 bridgehead atoms. The molecular formula is C16H14ClN3O. The van der Waals surface area contributed by atoms with Crippen LogP contribution in [-0.2, 0) is 6.54 Å². The van der Waals surface area contributed by atoms with E-state index < -0.39 is 0 Å². The predicted molar refractivity (Wildman–Crippen MR) is 84.9 cm³/mol. The van der Waals surface area contributed by atoms with Crippen LogP contribution in [0.25, 0.3) is 11.0 Å². The van der Waals surface area contributed by atoms with Crippen LogP contribution in [0.15, 0.2) is 48.5 Å². The molecule has 0 saturated carbocycles. The lowest BCUT2D eigenvalue weighted by molar-refractivity contribution is 0.415. The Morgan fingerprint density at radius 2 is 1.86 bits per heavy atom. The fourth-order valence-electron chi connectivity index (χ4n) is 2.03. The number of halogens is 1. The molecule has 21 heavy (non-hydrogen) atoms. The van der Waals surface area contributed by atoms with Gasteiger partial charge in [-0.3, -0.25) is 0 Å². The van der Waals surface area contributed by atoms with Crippen LogP contribution in [0, 0.1) is 0 Å². The highest BCUT2D eigenvalue weighted by molar-refractivity contribution is 6.32. The summed E-state index contributed by atoms with van der Waals surface area (Å²) in [4.78, 5) is 8.86. The van der Waals surface area contributed by atoms with E-state index in [0.29, 0.717) is 17.5 Å². The van der Waals surface area contributed by atoms with E-state index in [1.54, 1.807) is 7.11 Å². The van der Waals surface area contributed by atoms with E-state index in [4.69, 9.17) is 16.3 Å². The number of aromatic nitrogens is 2. The lowest BCUT2D eigenvalue weighted by Crippen LogP contribution is -2.03. The monoisotopic (exact) mass is 299 g/mol. The fraction of sp³-hybridized carbons (Fsp3) is 0.125. The van der Waals surface area contributed by atoms with Crippen LogP contribution in [-0.4, -0.2) is 17.1 Å². The topological polar surface area (TPSA) is 47.0 Å². The van der Waals surface area contributed by atoms with Gasteiger partial charge in [0.2, 0.25) is 0 Å². The van der Waals surface area contributed by atoms with Gasteiger partial charge in [-0.1, -0.05) is 41.9 Å². The van der Waals surface area contributed by atoms with Crippen LogP contribution >= 0.6 is 11.6 Å². The molecule has 0 atom stereocenters. The number of rotatable bonds is 4.